The van der Waals surface area contributed by atoms with Crippen LogP contribution in [0.2, 0.25) is 0 Å². The van der Waals surface area contributed by atoms with E-state index in [2.05, 4.69) is 157 Å². The second-order valence-corrected chi connectivity index (χ2v) is 8.60. The van der Waals surface area contributed by atoms with Crippen LogP contribution in [0.3, 0.4) is 0 Å². The molecule has 0 aliphatic rings. The van der Waals surface area contributed by atoms with Gasteiger partial charge in [-0.15, -0.1) is 0 Å². The van der Waals surface area contributed by atoms with Crippen LogP contribution in [0.4, 0.5) is 17.1 Å². The van der Waals surface area contributed by atoms with Gasteiger partial charge in [-0.1, -0.05) is 127 Å². The highest BCUT2D eigenvalue weighted by Gasteiger charge is 2.20. The van der Waals surface area contributed by atoms with E-state index in [1.54, 1.807) is 0 Å². The Hall–Kier alpha value is -4.62. The van der Waals surface area contributed by atoms with Gasteiger partial charge in [0.05, 0.1) is 11.4 Å². The monoisotopic (exact) mass is 447 g/mol. The fourth-order valence-corrected chi connectivity index (χ4v) is 4.87. The fraction of sp³-hybridized carbons (Fsp3) is 0. The normalized spacial score (nSPS) is 10.9. The Labute approximate surface area is 206 Å². The third-order valence-electron chi connectivity index (χ3n) is 6.47. The topological polar surface area (TPSA) is 3.24 Å². The zero-order chi connectivity index (χ0) is 23.5. The summed E-state index contributed by atoms with van der Waals surface area (Å²) in [4.78, 5) is 2.39. The lowest BCUT2D eigenvalue weighted by atomic mass is 9.93. The molecule has 0 aliphatic heterocycles. The van der Waals surface area contributed by atoms with Crippen LogP contribution in [0.1, 0.15) is 0 Å². The highest BCUT2D eigenvalue weighted by Crippen LogP contribution is 2.45. The molecule has 166 valence electrons. The average Bonchev–Trinajstić information content (AvgIpc) is 2.95. The van der Waals surface area contributed by atoms with Crippen LogP contribution < -0.4 is 4.90 Å². The SMILES string of the molecule is c1ccc(-c2ccccc2-c2ccccc2N(c2ccccc2)c2cccc3ccccc23)cc1. The van der Waals surface area contributed by atoms with E-state index in [9.17, 15) is 0 Å². The molecule has 0 bridgehead atoms. The van der Waals surface area contributed by atoms with Crippen LogP contribution in [0.25, 0.3) is 33.0 Å². The van der Waals surface area contributed by atoms with Crippen LogP contribution >= 0.6 is 0 Å². The average molecular weight is 448 g/mol. The molecule has 1 heteroatoms. The molecule has 0 unspecified atom stereocenters. The molecule has 0 saturated heterocycles. The molecule has 0 amide bonds. The molecule has 0 aromatic heterocycles. The lowest BCUT2D eigenvalue weighted by Crippen LogP contribution is -2.11. The molecule has 6 aromatic rings. The molecule has 0 radical (unpaired) electrons. The lowest BCUT2D eigenvalue weighted by molar-refractivity contribution is 1.30. The first-order valence-electron chi connectivity index (χ1n) is 12.0. The van der Waals surface area contributed by atoms with Gasteiger partial charge in [0.2, 0.25) is 0 Å². The first-order chi connectivity index (χ1) is 17.4. The van der Waals surface area contributed by atoms with E-state index in [4.69, 9.17) is 0 Å². The van der Waals surface area contributed by atoms with Gasteiger partial charge in [-0.3, -0.25) is 0 Å². The molecule has 6 aromatic carbocycles. The Kier molecular flexibility index (Phi) is 5.58. The summed E-state index contributed by atoms with van der Waals surface area (Å²) in [6.07, 6.45) is 0. The van der Waals surface area contributed by atoms with Gasteiger partial charge in [0.1, 0.15) is 0 Å². The smallest absolute Gasteiger partial charge is 0.0540 e. The van der Waals surface area contributed by atoms with Crippen LogP contribution in [0.15, 0.2) is 152 Å². The first kappa shape index (κ1) is 20.9. The standard InChI is InChI=1S/C34H25N/c1-3-14-26(15-4-1)29-20-9-10-22-31(29)32-23-11-12-24-34(32)35(28-18-5-2-6-19-28)33-25-13-17-27-16-7-8-21-30(27)33/h1-25H. The molecule has 0 fully saturated rings. The van der Waals surface area contributed by atoms with E-state index in [0.717, 1.165) is 11.4 Å². The summed E-state index contributed by atoms with van der Waals surface area (Å²) in [6, 6.07) is 53.8. The number of rotatable bonds is 5. The first-order valence-corrected chi connectivity index (χ1v) is 12.0. The molecule has 1 nitrogen and oxygen atoms in total. The Morgan fingerprint density at radius 2 is 0.886 bits per heavy atom. The van der Waals surface area contributed by atoms with Gasteiger partial charge < -0.3 is 4.90 Å². The van der Waals surface area contributed by atoms with Gasteiger partial charge in [0.15, 0.2) is 0 Å². The van der Waals surface area contributed by atoms with Crippen molar-refractivity contribution < 1.29 is 0 Å². The maximum Gasteiger partial charge on any atom is 0.0540 e. The maximum atomic E-state index is 2.39. The lowest BCUT2D eigenvalue weighted by Gasteiger charge is -2.29. The Balaban J connectivity index is 1.63. The summed E-state index contributed by atoms with van der Waals surface area (Å²) in [7, 11) is 0. The van der Waals surface area contributed by atoms with Gasteiger partial charge in [0.25, 0.3) is 0 Å². The van der Waals surface area contributed by atoms with Crippen molar-refractivity contribution in [3.05, 3.63) is 152 Å². The minimum atomic E-state index is 1.13. The predicted octanol–water partition coefficient (Wildman–Crippen LogP) is 9.64. The highest BCUT2D eigenvalue weighted by atomic mass is 15.1. The van der Waals surface area contributed by atoms with Crippen molar-refractivity contribution in [2.45, 2.75) is 0 Å². The van der Waals surface area contributed by atoms with Crippen molar-refractivity contribution in [2.75, 3.05) is 4.90 Å². The molecular formula is C34H25N. The van der Waals surface area contributed by atoms with Crippen LogP contribution in [-0.2, 0) is 0 Å². The molecule has 0 heterocycles. The summed E-state index contributed by atoms with van der Waals surface area (Å²) >= 11 is 0. The van der Waals surface area contributed by atoms with Crippen LogP contribution in [-0.4, -0.2) is 0 Å². The van der Waals surface area contributed by atoms with E-state index in [-0.39, 0.29) is 0 Å². The van der Waals surface area contributed by atoms with E-state index in [0.29, 0.717) is 0 Å². The molecule has 0 N–H and O–H groups in total. The number of nitrogens with zero attached hydrogens (tertiary/aromatic N) is 1. The van der Waals surface area contributed by atoms with Gasteiger partial charge >= 0.3 is 0 Å². The number of hydrogen-bond acceptors (Lipinski definition) is 1. The van der Waals surface area contributed by atoms with Gasteiger partial charge in [0, 0.05) is 16.6 Å². The molecule has 35 heavy (non-hydrogen) atoms. The number of benzene rings is 6. The third-order valence-corrected chi connectivity index (χ3v) is 6.47. The number of hydrogen-bond donors (Lipinski definition) is 0. The summed E-state index contributed by atoms with van der Waals surface area (Å²) in [6.45, 7) is 0. The quantitative estimate of drug-likeness (QED) is 0.254. The number of fused-ring (bicyclic) bond motifs is 1. The second-order valence-electron chi connectivity index (χ2n) is 8.60. The van der Waals surface area contributed by atoms with Crippen molar-refractivity contribution in [1.82, 2.24) is 0 Å². The summed E-state index contributed by atoms with van der Waals surface area (Å²) < 4.78 is 0. The van der Waals surface area contributed by atoms with Crippen molar-refractivity contribution in [2.24, 2.45) is 0 Å². The third kappa shape index (κ3) is 3.98. The number of para-hydroxylation sites is 2. The number of anilines is 3. The Morgan fingerprint density at radius 3 is 1.69 bits per heavy atom. The fourth-order valence-electron chi connectivity index (χ4n) is 4.87. The summed E-state index contributed by atoms with van der Waals surface area (Å²) in [5, 5.41) is 2.46. The molecule has 0 saturated carbocycles. The molecule has 0 aliphatic carbocycles. The maximum absolute atomic E-state index is 2.39. The summed E-state index contributed by atoms with van der Waals surface area (Å²) in [5.41, 5.74) is 8.31. The van der Waals surface area contributed by atoms with E-state index in [1.165, 1.54) is 38.7 Å². The van der Waals surface area contributed by atoms with Gasteiger partial charge in [-0.2, -0.15) is 0 Å². The zero-order valence-corrected chi connectivity index (χ0v) is 19.4. The van der Waals surface area contributed by atoms with Crippen LogP contribution in [0.5, 0.6) is 0 Å². The minimum Gasteiger partial charge on any atom is -0.309 e. The Morgan fingerprint density at radius 1 is 0.343 bits per heavy atom. The van der Waals surface area contributed by atoms with E-state index < -0.39 is 0 Å². The predicted molar refractivity (Wildman–Crippen MR) is 150 cm³/mol. The van der Waals surface area contributed by atoms with E-state index in [1.807, 2.05) is 0 Å². The van der Waals surface area contributed by atoms with E-state index >= 15 is 0 Å². The van der Waals surface area contributed by atoms with Gasteiger partial charge in [-0.25, -0.2) is 0 Å². The van der Waals surface area contributed by atoms with Crippen LogP contribution in [0, 0.1) is 0 Å². The molecule has 6 rings (SSSR count). The minimum absolute atomic E-state index is 1.13. The zero-order valence-electron chi connectivity index (χ0n) is 19.4. The summed E-state index contributed by atoms with van der Waals surface area (Å²) in [5.74, 6) is 0. The van der Waals surface area contributed by atoms with Crippen molar-refractivity contribution in [3.63, 3.8) is 0 Å². The Bertz CT molecular complexity index is 1580. The largest absolute Gasteiger partial charge is 0.309 e. The van der Waals surface area contributed by atoms with Crippen molar-refractivity contribution in [3.8, 4) is 22.3 Å². The van der Waals surface area contributed by atoms with Gasteiger partial charge in [-0.05, 0) is 46.3 Å². The molecule has 0 atom stereocenters. The molecular weight excluding hydrogens is 422 g/mol. The van der Waals surface area contributed by atoms with Crippen molar-refractivity contribution in [1.29, 1.82) is 0 Å². The van der Waals surface area contributed by atoms with Crippen molar-refractivity contribution >= 4 is 27.8 Å². The highest BCUT2D eigenvalue weighted by molar-refractivity contribution is 6.02. The second kappa shape index (κ2) is 9.32. The molecule has 0 spiro atoms.